The summed E-state index contributed by atoms with van der Waals surface area (Å²) in [5, 5.41) is 0. The lowest BCUT2D eigenvalue weighted by molar-refractivity contribution is -0.117. The number of halogens is 3. The van der Waals surface area contributed by atoms with Crippen LogP contribution < -0.4 is 5.73 Å². The molecule has 1 amide bonds. The highest BCUT2D eigenvalue weighted by Crippen LogP contribution is 2.20. The Labute approximate surface area is 93.9 Å². The van der Waals surface area contributed by atoms with Crippen molar-refractivity contribution in [1.82, 2.24) is 0 Å². The van der Waals surface area contributed by atoms with Gasteiger partial charge in [0.1, 0.15) is 11.6 Å². The maximum Gasteiger partial charge on any atom is 0.221 e. The summed E-state index contributed by atoms with van der Waals surface area (Å²) < 4.78 is 26.7. The van der Waals surface area contributed by atoms with E-state index in [0.29, 0.717) is 4.47 Å². The molecule has 5 heteroatoms. The highest BCUT2D eigenvalue weighted by molar-refractivity contribution is 9.10. The van der Waals surface area contributed by atoms with Crippen LogP contribution in [0.5, 0.6) is 0 Å². The van der Waals surface area contributed by atoms with Crippen molar-refractivity contribution < 1.29 is 13.6 Å². The second kappa shape index (κ2) is 5.02. The van der Waals surface area contributed by atoms with Gasteiger partial charge in [-0.1, -0.05) is 28.1 Å². The molecule has 0 saturated heterocycles. The SMILES string of the molecule is NC(=O)CC=Cc1c(F)cc(Br)cc1F. The first-order valence-corrected chi connectivity index (χ1v) is 4.89. The summed E-state index contributed by atoms with van der Waals surface area (Å²) in [6.07, 6.45) is 2.47. The third kappa shape index (κ3) is 3.43. The van der Waals surface area contributed by atoms with Crippen LogP contribution in [-0.4, -0.2) is 5.91 Å². The van der Waals surface area contributed by atoms with Crippen molar-refractivity contribution in [3.05, 3.63) is 39.9 Å². The van der Waals surface area contributed by atoms with Crippen LogP contribution in [0.15, 0.2) is 22.7 Å². The first-order chi connectivity index (χ1) is 7.00. The summed E-state index contributed by atoms with van der Waals surface area (Å²) in [6.45, 7) is 0. The average molecular weight is 276 g/mol. The van der Waals surface area contributed by atoms with Crippen molar-refractivity contribution in [2.24, 2.45) is 5.73 Å². The van der Waals surface area contributed by atoms with E-state index in [4.69, 9.17) is 5.73 Å². The minimum Gasteiger partial charge on any atom is -0.369 e. The summed E-state index contributed by atoms with van der Waals surface area (Å²) >= 11 is 2.96. The Morgan fingerprint density at radius 2 is 1.93 bits per heavy atom. The fourth-order valence-corrected chi connectivity index (χ4v) is 1.41. The highest BCUT2D eigenvalue weighted by atomic mass is 79.9. The second-order valence-electron chi connectivity index (χ2n) is 2.86. The van der Waals surface area contributed by atoms with Crippen molar-refractivity contribution in [2.75, 3.05) is 0 Å². The number of amides is 1. The van der Waals surface area contributed by atoms with Gasteiger partial charge in [-0.05, 0) is 12.1 Å². The molecule has 0 saturated carbocycles. The normalized spacial score (nSPS) is 10.9. The van der Waals surface area contributed by atoms with Crippen molar-refractivity contribution in [2.45, 2.75) is 6.42 Å². The Hall–Kier alpha value is -1.23. The van der Waals surface area contributed by atoms with Crippen molar-refractivity contribution in [1.29, 1.82) is 0 Å². The molecule has 0 aromatic heterocycles. The molecule has 1 aromatic rings. The fraction of sp³-hybridized carbons (Fsp3) is 0.100. The summed E-state index contributed by atoms with van der Waals surface area (Å²) in [5.41, 5.74) is 4.69. The zero-order valence-corrected chi connectivity index (χ0v) is 9.22. The Kier molecular flexibility index (Phi) is 3.96. The molecule has 80 valence electrons. The number of rotatable bonds is 3. The molecule has 0 aliphatic carbocycles. The van der Waals surface area contributed by atoms with Crippen LogP contribution in [0.4, 0.5) is 8.78 Å². The minimum absolute atomic E-state index is 0.0467. The maximum absolute atomic E-state index is 13.2. The number of carbonyl (C=O) groups excluding carboxylic acids is 1. The fourth-order valence-electron chi connectivity index (χ4n) is 1.01. The highest BCUT2D eigenvalue weighted by Gasteiger charge is 2.07. The van der Waals surface area contributed by atoms with Crippen LogP contribution in [-0.2, 0) is 4.79 Å². The molecule has 15 heavy (non-hydrogen) atoms. The lowest BCUT2D eigenvalue weighted by atomic mass is 10.1. The van der Waals surface area contributed by atoms with E-state index in [0.717, 1.165) is 12.1 Å². The summed E-state index contributed by atoms with van der Waals surface area (Å²) in [4.78, 5) is 10.4. The zero-order chi connectivity index (χ0) is 11.4. The van der Waals surface area contributed by atoms with Gasteiger partial charge >= 0.3 is 0 Å². The predicted octanol–water partition coefficient (Wildman–Crippen LogP) is 2.62. The van der Waals surface area contributed by atoms with Gasteiger partial charge in [0.2, 0.25) is 5.91 Å². The molecular formula is C10H8BrF2NO. The topological polar surface area (TPSA) is 43.1 Å². The van der Waals surface area contributed by atoms with E-state index in [1.807, 2.05) is 0 Å². The van der Waals surface area contributed by atoms with Crippen LogP contribution in [0.25, 0.3) is 6.08 Å². The van der Waals surface area contributed by atoms with Gasteiger partial charge in [0.05, 0.1) is 0 Å². The molecule has 0 unspecified atom stereocenters. The standard InChI is InChI=1S/C10H8BrF2NO/c11-6-4-8(12)7(9(13)5-6)2-1-3-10(14)15/h1-2,4-5H,3H2,(H2,14,15). The van der Waals surface area contributed by atoms with Gasteiger partial charge in [0.15, 0.2) is 0 Å². The molecule has 0 spiro atoms. The second-order valence-corrected chi connectivity index (χ2v) is 3.77. The number of hydrogen-bond donors (Lipinski definition) is 1. The lowest BCUT2D eigenvalue weighted by Crippen LogP contribution is -2.08. The van der Waals surface area contributed by atoms with Crippen molar-refractivity contribution >= 4 is 27.9 Å². The van der Waals surface area contributed by atoms with Crippen LogP contribution >= 0.6 is 15.9 Å². The molecule has 0 atom stereocenters. The van der Waals surface area contributed by atoms with Gasteiger partial charge in [-0.25, -0.2) is 8.78 Å². The van der Waals surface area contributed by atoms with Crippen molar-refractivity contribution in [3.8, 4) is 0 Å². The van der Waals surface area contributed by atoms with Gasteiger partial charge < -0.3 is 5.73 Å². The van der Waals surface area contributed by atoms with Crippen LogP contribution in [0.1, 0.15) is 12.0 Å². The molecule has 1 aromatic carbocycles. The Morgan fingerprint density at radius 1 is 1.40 bits per heavy atom. The van der Waals surface area contributed by atoms with E-state index in [9.17, 15) is 13.6 Å². The number of nitrogens with two attached hydrogens (primary N) is 1. The zero-order valence-electron chi connectivity index (χ0n) is 7.64. The van der Waals surface area contributed by atoms with Gasteiger partial charge in [0, 0.05) is 16.5 Å². The molecule has 0 aliphatic rings. The Balaban J connectivity index is 2.94. The maximum atomic E-state index is 13.2. The lowest BCUT2D eigenvalue weighted by Gasteiger charge is -2.00. The molecule has 0 bridgehead atoms. The number of carbonyl (C=O) groups is 1. The number of hydrogen-bond acceptors (Lipinski definition) is 1. The first-order valence-electron chi connectivity index (χ1n) is 4.10. The third-order valence-corrected chi connectivity index (χ3v) is 2.11. The molecule has 0 aliphatic heterocycles. The number of benzene rings is 1. The van der Waals surface area contributed by atoms with E-state index in [1.54, 1.807) is 0 Å². The van der Waals surface area contributed by atoms with E-state index in [-0.39, 0.29) is 12.0 Å². The van der Waals surface area contributed by atoms with E-state index < -0.39 is 17.5 Å². The summed E-state index contributed by atoms with van der Waals surface area (Å²) in [7, 11) is 0. The molecule has 2 nitrogen and oxygen atoms in total. The van der Waals surface area contributed by atoms with Crippen LogP contribution in [0.2, 0.25) is 0 Å². The molecule has 1 rings (SSSR count). The quantitative estimate of drug-likeness (QED) is 0.906. The van der Waals surface area contributed by atoms with Gasteiger partial charge in [-0.15, -0.1) is 0 Å². The van der Waals surface area contributed by atoms with Gasteiger partial charge in [0.25, 0.3) is 0 Å². The van der Waals surface area contributed by atoms with E-state index >= 15 is 0 Å². The Morgan fingerprint density at radius 3 is 2.40 bits per heavy atom. The van der Waals surface area contributed by atoms with E-state index in [1.165, 1.54) is 12.2 Å². The van der Waals surface area contributed by atoms with Gasteiger partial charge in [-0.2, -0.15) is 0 Å². The van der Waals surface area contributed by atoms with Crippen molar-refractivity contribution in [3.63, 3.8) is 0 Å². The average Bonchev–Trinajstić information content (AvgIpc) is 2.08. The first kappa shape index (κ1) is 11.8. The minimum atomic E-state index is -0.692. The molecule has 2 N–H and O–H groups in total. The predicted molar refractivity (Wildman–Crippen MR) is 56.9 cm³/mol. The van der Waals surface area contributed by atoms with Gasteiger partial charge in [-0.3, -0.25) is 4.79 Å². The van der Waals surface area contributed by atoms with E-state index in [2.05, 4.69) is 15.9 Å². The number of primary amides is 1. The summed E-state index contributed by atoms with van der Waals surface area (Å²) in [6, 6.07) is 2.29. The molecule has 0 radical (unpaired) electrons. The molecule has 0 heterocycles. The smallest absolute Gasteiger partial charge is 0.221 e. The summed E-state index contributed by atoms with van der Waals surface area (Å²) in [5.74, 6) is -1.94. The van der Waals surface area contributed by atoms with Crippen LogP contribution in [0.3, 0.4) is 0 Å². The van der Waals surface area contributed by atoms with Crippen LogP contribution in [0, 0.1) is 11.6 Å². The molecule has 0 fully saturated rings. The largest absolute Gasteiger partial charge is 0.369 e. The molecular weight excluding hydrogens is 268 g/mol. The Bertz CT molecular complexity index is 395. The monoisotopic (exact) mass is 275 g/mol. The third-order valence-electron chi connectivity index (χ3n) is 1.65.